The molecule has 11 heteroatoms. The minimum absolute atomic E-state index is 0.104. The lowest BCUT2D eigenvalue weighted by molar-refractivity contribution is -0.144. The van der Waals surface area contributed by atoms with Gasteiger partial charge in [-0.15, -0.1) is 0 Å². The number of nitrogens with zero attached hydrogens (tertiary/aromatic N) is 3. The molecule has 0 amide bonds. The maximum Gasteiger partial charge on any atom is 0.344 e. The Morgan fingerprint density at radius 2 is 2.09 bits per heavy atom. The summed E-state index contributed by atoms with van der Waals surface area (Å²) in [6.07, 6.45) is 0.363. The first-order chi connectivity index (χ1) is 15.3. The standard InChI is InChI=1S/C21H18F2N4O5/c1-9(20(28)29)31-10-6-13-17-14(7-10)30-5-3-2-4-27(17)19(25-13)11-8-12(22)18-16(15(11)23)26-21(24)32-18/h6-9H,2-5H2,1H3,(H2,24,26)(H,28,29). The molecule has 1 atom stereocenters. The summed E-state index contributed by atoms with van der Waals surface area (Å²) in [5.74, 6) is -1.92. The molecule has 1 aliphatic rings. The number of benzene rings is 2. The Morgan fingerprint density at radius 3 is 2.88 bits per heavy atom. The number of hydrogen-bond donors (Lipinski definition) is 2. The molecule has 3 N–H and O–H groups in total. The molecule has 1 aliphatic heterocycles. The van der Waals surface area contributed by atoms with Crippen LogP contribution in [0.2, 0.25) is 0 Å². The molecule has 166 valence electrons. The summed E-state index contributed by atoms with van der Waals surface area (Å²) in [6, 6.07) is 3.77. The summed E-state index contributed by atoms with van der Waals surface area (Å²) in [5.41, 5.74) is 5.66. The van der Waals surface area contributed by atoms with Crippen LogP contribution in [0.3, 0.4) is 0 Å². The molecule has 0 saturated carbocycles. The quantitative estimate of drug-likeness (QED) is 0.488. The molecule has 0 saturated heterocycles. The predicted molar refractivity (Wildman–Crippen MR) is 110 cm³/mol. The van der Waals surface area contributed by atoms with Crippen LogP contribution in [0, 0.1) is 11.6 Å². The minimum atomic E-state index is -1.13. The van der Waals surface area contributed by atoms with Crippen molar-refractivity contribution in [2.24, 2.45) is 0 Å². The van der Waals surface area contributed by atoms with E-state index in [9.17, 15) is 9.18 Å². The molecule has 9 nitrogen and oxygen atoms in total. The number of anilines is 1. The fraction of sp³-hybridized carbons (Fsp3) is 0.286. The van der Waals surface area contributed by atoms with E-state index in [1.807, 2.05) is 0 Å². The van der Waals surface area contributed by atoms with Crippen LogP contribution in [0.1, 0.15) is 19.8 Å². The molecule has 4 aromatic rings. The number of imidazole rings is 1. The molecular formula is C21H18F2N4O5. The molecule has 0 radical (unpaired) electrons. The van der Waals surface area contributed by atoms with Crippen molar-refractivity contribution < 1.29 is 32.6 Å². The van der Waals surface area contributed by atoms with Crippen LogP contribution in [0.25, 0.3) is 33.5 Å². The van der Waals surface area contributed by atoms with E-state index < -0.39 is 23.7 Å². The van der Waals surface area contributed by atoms with Crippen LogP contribution in [0.5, 0.6) is 11.5 Å². The molecule has 32 heavy (non-hydrogen) atoms. The second-order valence-corrected chi connectivity index (χ2v) is 7.48. The van der Waals surface area contributed by atoms with Gasteiger partial charge in [-0.1, -0.05) is 0 Å². The first-order valence-electron chi connectivity index (χ1n) is 9.94. The number of halogens is 2. The highest BCUT2D eigenvalue weighted by molar-refractivity contribution is 5.89. The molecule has 1 unspecified atom stereocenters. The van der Waals surface area contributed by atoms with Crippen LogP contribution in [-0.4, -0.2) is 38.3 Å². The van der Waals surface area contributed by atoms with Crippen molar-refractivity contribution >= 4 is 34.1 Å². The number of hydrogen-bond acceptors (Lipinski definition) is 7. The van der Waals surface area contributed by atoms with Gasteiger partial charge in [0.05, 0.1) is 17.7 Å². The number of oxazole rings is 1. The van der Waals surface area contributed by atoms with Gasteiger partial charge in [-0.25, -0.2) is 18.6 Å². The number of aliphatic carboxylic acids is 1. The minimum Gasteiger partial charge on any atom is -0.491 e. The van der Waals surface area contributed by atoms with Crippen molar-refractivity contribution in [3.8, 4) is 22.9 Å². The van der Waals surface area contributed by atoms with Gasteiger partial charge >= 0.3 is 5.97 Å². The van der Waals surface area contributed by atoms with Gasteiger partial charge in [0, 0.05) is 18.7 Å². The molecule has 0 aliphatic carbocycles. The second kappa shape index (κ2) is 7.36. The number of nitrogens with two attached hydrogens (primary N) is 1. The number of aryl methyl sites for hydroxylation is 1. The van der Waals surface area contributed by atoms with E-state index in [1.54, 1.807) is 16.7 Å². The Bertz CT molecular complexity index is 1380. The van der Waals surface area contributed by atoms with Crippen molar-refractivity contribution in [3.63, 3.8) is 0 Å². The zero-order valence-electron chi connectivity index (χ0n) is 16.9. The molecule has 3 heterocycles. The number of fused-ring (bicyclic) bond motifs is 1. The van der Waals surface area contributed by atoms with Gasteiger partial charge in [0.25, 0.3) is 6.01 Å². The first-order valence-corrected chi connectivity index (χ1v) is 9.94. The lowest BCUT2D eigenvalue weighted by atomic mass is 10.1. The monoisotopic (exact) mass is 444 g/mol. The molecule has 0 fully saturated rings. The molecular weight excluding hydrogens is 426 g/mol. The summed E-state index contributed by atoms with van der Waals surface area (Å²) in [6.45, 7) is 2.34. The van der Waals surface area contributed by atoms with Gasteiger partial charge in [0.15, 0.2) is 28.8 Å². The summed E-state index contributed by atoms with van der Waals surface area (Å²) in [4.78, 5) is 19.5. The smallest absolute Gasteiger partial charge is 0.344 e. The number of ether oxygens (including phenoxy) is 2. The summed E-state index contributed by atoms with van der Waals surface area (Å²) in [7, 11) is 0. The van der Waals surface area contributed by atoms with E-state index >= 15 is 4.39 Å². The maximum absolute atomic E-state index is 15.3. The third kappa shape index (κ3) is 3.17. The number of rotatable bonds is 4. The van der Waals surface area contributed by atoms with Gasteiger partial charge < -0.3 is 29.3 Å². The highest BCUT2D eigenvalue weighted by Crippen LogP contribution is 2.39. The van der Waals surface area contributed by atoms with Crippen LogP contribution in [0.15, 0.2) is 22.6 Å². The van der Waals surface area contributed by atoms with Crippen LogP contribution in [-0.2, 0) is 11.3 Å². The third-order valence-electron chi connectivity index (χ3n) is 5.29. The molecule has 5 rings (SSSR count). The zero-order chi connectivity index (χ0) is 22.6. The van der Waals surface area contributed by atoms with E-state index in [4.69, 9.17) is 24.7 Å². The van der Waals surface area contributed by atoms with E-state index in [-0.39, 0.29) is 34.3 Å². The van der Waals surface area contributed by atoms with Crippen LogP contribution < -0.4 is 15.2 Å². The van der Waals surface area contributed by atoms with Gasteiger partial charge in [0.1, 0.15) is 22.8 Å². The largest absolute Gasteiger partial charge is 0.491 e. The Labute approximate surface area is 179 Å². The Balaban J connectivity index is 1.74. The van der Waals surface area contributed by atoms with Crippen molar-refractivity contribution in [1.29, 1.82) is 0 Å². The van der Waals surface area contributed by atoms with E-state index in [1.165, 1.54) is 6.92 Å². The Morgan fingerprint density at radius 1 is 1.28 bits per heavy atom. The maximum atomic E-state index is 15.3. The van der Waals surface area contributed by atoms with Crippen molar-refractivity contribution in [2.75, 3.05) is 12.3 Å². The lowest BCUT2D eigenvalue weighted by Gasteiger charge is -2.18. The fourth-order valence-corrected chi connectivity index (χ4v) is 3.81. The van der Waals surface area contributed by atoms with Crippen LogP contribution >= 0.6 is 0 Å². The summed E-state index contributed by atoms with van der Waals surface area (Å²) >= 11 is 0. The second-order valence-electron chi connectivity index (χ2n) is 7.48. The SMILES string of the molecule is CC(Oc1cc2c3c(c1)nc(-c1cc(F)c4oc(N)nc4c1F)n3CCCCO2)C(=O)O. The number of aromatic nitrogens is 3. The first kappa shape index (κ1) is 20.0. The molecule has 2 aromatic carbocycles. The van der Waals surface area contributed by atoms with Gasteiger partial charge in [-0.3, -0.25) is 0 Å². The van der Waals surface area contributed by atoms with Gasteiger partial charge in [-0.05, 0) is 25.8 Å². The third-order valence-corrected chi connectivity index (χ3v) is 5.29. The van der Waals surface area contributed by atoms with Crippen molar-refractivity contribution in [3.05, 3.63) is 29.8 Å². The van der Waals surface area contributed by atoms with Gasteiger partial charge in [0.2, 0.25) is 0 Å². The lowest BCUT2D eigenvalue weighted by Crippen LogP contribution is -2.22. The fourth-order valence-electron chi connectivity index (χ4n) is 3.81. The molecule has 2 aromatic heterocycles. The Hall–Kier alpha value is -3.89. The number of carbonyl (C=O) groups is 1. The summed E-state index contributed by atoms with van der Waals surface area (Å²) < 4.78 is 48.0. The van der Waals surface area contributed by atoms with Crippen molar-refractivity contribution in [2.45, 2.75) is 32.4 Å². The topological polar surface area (TPSA) is 126 Å². The van der Waals surface area contributed by atoms with E-state index in [0.717, 1.165) is 18.9 Å². The number of nitrogen functional groups attached to an aromatic ring is 1. The van der Waals surface area contributed by atoms with E-state index in [2.05, 4.69) is 9.97 Å². The van der Waals surface area contributed by atoms with Crippen molar-refractivity contribution in [1.82, 2.24) is 14.5 Å². The highest BCUT2D eigenvalue weighted by atomic mass is 19.1. The van der Waals surface area contributed by atoms with Gasteiger partial charge in [-0.2, -0.15) is 4.98 Å². The number of carboxylic acids is 1. The van der Waals surface area contributed by atoms with E-state index in [0.29, 0.717) is 29.9 Å². The average Bonchev–Trinajstić information content (AvgIpc) is 3.29. The molecule has 0 spiro atoms. The van der Waals surface area contributed by atoms with Crippen LogP contribution in [0.4, 0.5) is 14.8 Å². The Kier molecular flexibility index (Phi) is 4.61. The molecule has 0 bridgehead atoms. The normalized spacial score (nSPS) is 14.7. The zero-order valence-corrected chi connectivity index (χ0v) is 16.9. The number of carboxylic acid groups (broad SMARTS) is 1. The predicted octanol–water partition coefficient (Wildman–Crippen LogP) is 3.73. The average molecular weight is 444 g/mol. The summed E-state index contributed by atoms with van der Waals surface area (Å²) in [5, 5.41) is 9.14. The highest BCUT2D eigenvalue weighted by Gasteiger charge is 2.26.